The third-order valence-electron chi connectivity index (χ3n) is 2.50. The van der Waals surface area contributed by atoms with Crippen molar-refractivity contribution < 1.29 is 0 Å². The molecule has 1 N–H and O–H groups in total. The van der Waals surface area contributed by atoms with Crippen molar-refractivity contribution >= 4 is 29.0 Å². The van der Waals surface area contributed by atoms with Crippen molar-refractivity contribution in [3.05, 3.63) is 40.1 Å². The maximum atomic E-state index is 6.16. The van der Waals surface area contributed by atoms with E-state index in [0.717, 1.165) is 22.6 Å². The van der Waals surface area contributed by atoms with Crippen LogP contribution >= 0.6 is 23.2 Å². The third kappa shape index (κ3) is 2.35. The highest BCUT2D eigenvalue weighted by Gasteiger charge is 2.11. The first-order chi connectivity index (χ1) is 8.13. The lowest BCUT2D eigenvalue weighted by atomic mass is 10.1. The van der Waals surface area contributed by atoms with Crippen LogP contribution in [-0.4, -0.2) is 17.0 Å². The number of rotatable bonds is 2. The molecular weight excluding hydrogens is 257 g/mol. The molecule has 2 rings (SSSR count). The van der Waals surface area contributed by atoms with Gasteiger partial charge in [-0.2, -0.15) is 0 Å². The summed E-state index contributed by atoms with van der Waals surface area (Å²) >= 11 is 12.1. The van der Waals surface area contributed by atoms with Crippen LogP contribution in [0.25, 0.3) is 11.3 Å². The van der Waals surface area contributed by atoms with Gasteiger partial charge in [0.15, 0.2) is 0 Å². The van der Waals surface area contributed by atoms with Crippen LogP contribution in [0.4, 0.5) is 5.82 Å². The zero-order chi connectivity index (χ0) is 12.4. The van der Waals surface area contributed by atoms with Gasteiger partial charge < -0.3 is 5.32 Å². The van der Waals surface area contributed by atoms with E-state index in [0.29, 0.717) is 10.0 Å². The van der Waals surface area contributed by atoms with Crippen molar-refractivity contribution in [1.29, 1.82) is 0 Å². The monoisotopic (exact) mass is 267 g/mol. The first-order valence-electron chi connectivity index (χ1n) is 5.08. The maximum absolute atomic E-state index is 6.16. The van der Waals surface area contributed by atoms with E-state index in [4.69, 9.17) is 23.2 Å². The van der Waals surface area contributed by atoms with Gasteiger partial charge in [0.25, 0.3) is 0 Å². The highest BCUT2D eigenvalue weighted by molar-refractivity contribution is 6.35. The van der Waals surface area contributed by atoms with Crippen LogP contribution in [0, 0.1) is 6.92 Å². The molecule has 88 valence electrons. The van der Waals surface area contributed by atoms with Gasteiger partial charge in [-0.05, 0) is 25.1 Å². The van der Waals surface area contributed by atoms with Crippen LogP contribution in [0.2, 0.25) is 10.0 Å². The van der Waals surface area contributed by atoms with Crippen molar-refractivity contribution in [2.24, 2.45) is 0 Å². The Kier molecular flexibility index (Phi) is 3.50. The molecule has 0 aliphatic rings. The van der Waals surface area contributed by atoms with Crippen LogP contribution in [0.3, 0.4) is 0 Å². The van der Waals surface area contributed by atoms with E-state index in [1.54, 1.807) is 18.2 Å². The summed E-state index contributed by atoms with van der Waals surface area (Å²) < 4.78 is 0. The molecule has 0 amide bonds. The fourth-order valence-corrected chi connectivity index (χ4v) is 2.03. The van der Waals surface area contributed by atoms with E-state index in [2.05, 4.69) is 15.3 Å². The number of aromatic nitrogens is 2. The lowest BCUT2D eigenvalue weighted by molar-refractivity contribution is 1.13. The molecule has 0 aliphatic heterocycles. The predicted octanol–water partition coefficient (Wildman–Crippen LogP) is 3.80. The van der Waals surface area contributed by atoms with E-state index < -0.39 is 0 Å². The Morgan fingerprint density at radius 3 is 2.65 bits per heavy atom. The van der Waals surface area contributed by atoms with Gasteiger partial charge in [0.05, 0.1) is 10.7 Å². The molecule has 0 bridgehead atoms. The molecule has 5 heteroatoms. The molecule has 1 aromatic heterocycles. The van der Waals surface area contributed by atoms with Gasteiger partial charge in [-0.1, -0.05) is 23.2 Å². The summed E-state index contributed by atoms with van der Waals surface area (Å²) in [7, 11) is 1.82. The SMILES string of the molecule is CNc1ncnc(-c2cc(Cl)ccc2Cl)c1C. The molecule has 1 aromatic carbocycles. The van der Waals surface area contributed by atoms with Crippen LogP contribution in [0.5, 0.6) is 0 Å². The molecule has 0 saturated heterocycles. The van der Waals surface area contributed by atoms with E-state index in [1.807, 2.05) is 14.0 Å². The lowest BCUT2D eigenvalue weighted by Crippen LogP contribution is -1.99. The quantitative estimate of drug-likeness (QED) is 0.900. The minimum atomic E-state index is 0.623. The maximum Gasteiger partial charge on any atom is 0.132 e. The molecular formula is C12H11Cl2N3. The van der Waals surface area contributed by atoms with Crippen LogP contribution in [-0.2, 0) is 0 Å². The number of nitrogens with one attached hydrogen (secondary N) is 1. The summed E-state index contributed by atoms with van der Waals surface area (Å²) in [5.74, 6) is 0.783. The van der Waals surface area contributed by atoms with E-state index in [-0.39, 0.29) is 0 Å². The van der Waals surface area contributed by atoms with Crippen LogP contribution in [0.15, 0.2) is 24.5 Å². The molecule has 0 saturated carbocycles. The first kappa shape index (κ1) is 12.1. The predicted molar refractivity (Wildman–Crippen MR) is 71.8 cm³/mol. The zero-order valence-corrected chi connectivity index (χ0v) is 11.0. The Balaban J connectivity index is 2.64. The fraction of sp³-hybridized carbons (Fsp3) is 0.167. The highest BCUT2D eigenvalue weighted by Crippen LogP contribution is 2.32. The zero-order valence-electron chi connectivity index (χ0n) is 9.46. The molecule has 3 nitrogen and oxygen atoms in total. The second-order valence-corrected chi connectivity index (χ2v) is 4.41. The van der Waals surface area contributed by atoms with Crippen molar-refractivity contribution in [2.45, 2.75) is 6.92 Å². The standard InChI is InChI=1S/C12H11Cl2N3/c1-7-11(16-6-17-12(7)15-2)9-5-8(13)3-4-10(9)14/h3-6H,1-2H3,(H,15,16,17). The second-order valence-electron chi connectivity index (χ2n) is 3.57. The summed E-state index contributed by atoms with van der Waals surface area (Å²) in [4.78, 5) is 8.40. The van der Waals surface area contributed by atoms with Gasteiger partial charge in [-0.15, -0.1) is 0 Å². The average Bonchev–Trinajstić information content (AvgIpc) is 2.33. The number of halogens is 2. The molecule has 0 spiro atoms. The number of benzene rings is 1. The van der Waals surface area contributed by atoms with Crippen molar-refractivity contribution in [3.63, 3.8) is 0 Å². The number of nitrogens with zero attached hydrogens (tertiary/aromatic N) is 2. The topological polar surface area (TPSA) is 37.8 Å². The first-order valence-corrected chi connectivity index (χ1v) is 5.84. The molecule has 1 heterocycles. The molecule has 0 aliphatic carbocycles. The van der Waals surface area contributed by atoms with Gasteiger partial charge >= 0.3 is 0 Å². The summed E-state index contributed by atoms with van der Waals surface area (Å²) in [5.41, 5.74) is 2.55. The molecule has 0 radical (unpaired) electrons. The van der Waals surface area contributed by atoms with E-state index >= 15 is 0 Å². The summed E-state index contributed by atoms with van der Waals surface area (Å²) in [6.07, 6.45) is 1.51. The van der Waals surface area contributed by atoms with Crippen molar-refractivity contribution in [2.75, 3.05) is 12.4 Å². The smallest absolute Gasteiger partial charge is 0.132 e. The number of hydrogen-bond donors (Lipinski definition) is 1. The molecule has 0 atom stereocenters. The van der Waals surface area contributed by atoms with Crippen LogP contribution < -0.4 is 5.32 Å². The van der Waals surface area contributed by atoms with Crippen molar-refractivity contribution in [1.82, 2.24) is 9.97 Å². The Hall–Kier alpha value is -1.32. The number of anilines is 1. The second kappa shape index (κ2) is 4.90. The highest BCUT2D eigenvalue weighted by atomic mass is 35.5. The molecule has 0 fully saturated rings. The van der Waals surface area contributed by atoms with E-state index in [1.165, 1.54) is 6.33 Å². The van der Waals surface area contributed by atoms with Crippen LogP contribution in [0.1, 0.15) is 5.56 Å². The summed E-state index contributed by atoms with van der Waals surface area (Å²) in [6.45, 7) is 1.94. The van der Waals surface area contributed by atoms with Gasteiger partial charge in [0, 0.05) is 23.2 Å². The van der Waals surface area contributed by atoms with Gasteiger partial charge in [-0.3, -0.25) is 0 Å². The minimum absolute atomic E-state index is 0.623. The Morgan fingerprint density at radius 2 is 1.94 bits per heavy atom. The summed E-state index contributed by atoms with van der Waals surface area (Å²) in [5, 5.41) is 4.27. The molecule has 0 unspecified atom stereocenters. The van der Waals surface area contributed by atoms with Gasteiger partial charge in [0.2, 0.25) is 0 Å². The third-order valence-corrected chi connectivity index (χ3v) is 3.07. The fourth-order valence-electron chi connectivity index (χ4n) is 1.65. The van der Waals surface area contributed by atoms with Crippen molar-refractivity contribution in [3.8, 4) is 11.3 Å². The minimum Gasteiger partial charge on any atom is -0.373 e. The lowest BCUT2D eigenvalue weighted by Gasteiger charge is -2.10. The number of hydrogen-bond acceptors (Lipinski definition) is 3. The average molecular weight is 268 g/mol. The molecule has 17 heavy (non-hydrogen) atoms. The largest absolute Gasteiger partial charge is 0.373 e. The van der Waals surface area contributed by atoms with Gasteiger partial charge in [-0.25, -0.2) is 9.97 Å². The van der Waals surface area contributed by atoms with E-state index in [9.17, 15) is 0 Å². The molecule has 2 aromatic rings. The Labute approximate surface area is 110 Å². The normalized spacial score (nSPS) is 10.4. The summed E-state index contributed by atoms with van der Waals surface area (Å²) in [6, 6.07) is 5.32. The Bertz CT molecular complexity index is 555. The van der Waals surface area contributed by atoms with Gasteiger partial charge in [0.1, 0.15) is 12.1 Å². The Morgan fingerprint density at radius 1 is 1.18 bits per heavy atom.